The Balaban J connectivity index is 1.45. The summed E-state index contributed by atoms with van der Waals surface area (Å²) >= 11 is 0. The van der Waals surface area contributed by atoms with Crippen LogP contribution in [0.5, 0.6) is 0 Å². The number of pyridine rings is 1. The van der Waals surface area contributed by atoms with Crippen LogP contribution in [0.3, 0.4) is 0 Å². The summed E-state index contributed by atoms with van der Waals surface area (Å²) in [6, 6.07) is 5.76. The molecule has 0 atom stereocenters. The molecule has 124 valence electrons. The maximum atomic E-state index is 12.4. The zero-order valence-electron chi connectivity index (χ0n) is 13.6. The van der Waals surface area contributed by atoms with E-state index in [4.69, 9.17) is 0 Å². The number of rotatable bonds is 5. The Kier molecular flexibility index (Phi) is 4.11. The van der Waals surface area contributed by atoms with Gasteiger partial charge in [0, 0.05) is 43.0 Å². The molecule has 1 amide bonds. The van der Waals surface area contributed by atoms with Crippen molar-refractivity contribution in [3.63, 3.8) is 0 Å². The van der Waals surface area contributed by atoms with E-state index < -0.39 is 0 Å². The molecule has 1 N–H and O–H groups in total. The Morgan fingerprint density at radius 2 is 2.04 bits per heavy atom. The van der Waals surface area contributed by atoms with Crippen LogP contribution < -0.4 is 10.2 Å². The molecule has 2 aromatic heterocycles. The van der Waals surface area contributed by atoms with Crippen LogP contribution in [0.1, 0.15) is 53.3 Å². The van der Waals surface area contributed by atoms with Crippen molar-refractivity contribution in [1.29, 1.82) is 0 Å². The number of nitrogens with one attached hydrogen (secondary N) is 1. The van der Waals surface area contributed by atoms with Crippen molar-refractivity contribution in [3.05, 3.63) is 47.7 Å². The standard InChI is InChI=1S/C18H21N5O/c24-18(16-10-15(13-5-6-13)21-12-22-16)20-11-14-4-3-7-19-17(14)23-8-1-2-9-23/h3-4,7,10,12-13H,1-2,5-6,8-9,11H2,(H,20,24). The van der Waals surface area contributed by atoms with Gasteiger partial charge in [0.15, 0.2) is 0 Å². The van der Waals surface area contributed by atoms with Crippen molar-refractivity contribution in [1.82, 2.24) is 20.3 Å². The smallest absolute Gasteiger partial charge is 0.270 e. The van der Waals surface area contributed by atoms with Gasteiger partial charge in [-0.05, 0) is 37.8 Å². The van der Waals surface area contributed by atoms with E-state index in [1.54, 1.807) is 0 Å². The van der Waals surface area contributed by atoms with Gasteiger partial charge in [0.1, 0.15) is 17.8 Å². The lowest BCUT2D eigenvalue weighted by Gasteiger charge is -2.19. The third kappa shape index (κ3) is 3.22. The number of carbonyl (C=O) groups excluding carboxylic acids is 1. The quantitative estimate of drug-likeness (QED) is 0.914. The minimum atomic E-state index is -0.157. The molecule has 4 rings (SSSR count). The monoisotopic (exact) mass is 323 g/mol. The van der Waals surface area contributed by atoms with Gasteiger partial charge < -0.3 is 10.2 Å². The molecule has 1 aliphatic heterocycles. The van der Waals surface area contributed by atoms with Gasteiger partial charge in [0.2, 0.25) is 0 Å². The van der Waals surface area contributed by atoms with E-state index in [0.29, 0.717) is 18.2 Å². The molecule has 2 aromatic rings. The van der Waals surface area contributed by atoms with E-state index in [2.05, 4.69) is 25.2 Å². The fourth-order valence-electron chi connectivity index (χ4n) is 3.15. The second-order valence-electron chi connectivity index (χ2n) is 6.47. The maximum Gasteiger partial charge on any atom is 0.270 e. The Hall–Kier alpha value is -2.50. The molecule has 6 heteroatoms. The van der Waals surface area contributed by atoms with Gasteiger partial charge in [-0.3, -0.25) is 4.79 Å². The highest BCUT2D eigenvalue weighted by atomic mass is 16.1. The van der Waals surface area contributed by atoms with Crippen molar-refractivity contribution in [2.45, 2.75) is 38.1 Å². The normalized spacial score (nSPS) is 17.1. The first kappa shape index (κ1) is 15.1. The molecule has 6 nitrogen and oxygen atoms in total. The molecule has 0 aromatic carbocycles. The van der Waals surface area contributed by atoms with Crippen LogP contribution in [-0.2, 0) is 6.54 Å². The zero-order valence-corrected chi connectivity index (χ0v) is 13.6. The molecular weight excluding hydrogens is 302 g/mol. The highest BCUT2D eigenvalue weighted by Crippen LogP contribution is 2.38. The van der Waals surface area contributed by atoms with E-state index >= 15 is 0 Å². The van der Waals surface area contributed by atoms with Crippen LogP contribution in [-0.4, -0.2) is 33.9 Å². The van der Waals surface area contributed by atoms with Crippen LogP contribution >= 0.6 is 0 Å². The largest absolute Gasteiger partial charge is 0.356 e. The van der Waals surface area contributed by atoms with Crippen molar-refractivity contribution in [3.8, 4) is 0 Å². The van der Waals surface area contributed by atoms with E-state index in [9.17, 15) is 4.79 Å². The Morgan fingerprint density at radius 3 is 2.83 bits per heavy atom. The number of anilines is 1. The molecule has 0 unspecified atom stereocenters. The highest BCUT2D eigenvalue weighted by Gasteiger charge is 2.26. The summed E-state index contributed by atoms with van der Waals surface area (Å²) in [5.41, 5.74) is 2.47. The van der Waals surface area contributed by atoms with Crippen molar-refractivity contribution in [2.24, 2.45) is 0 Å². The summed E-state index contributed by atoms with van der Waals surface area (Å²) in [7, 11) is 0. The lowest BCUT2D eigenvalue weighted by atomic mass is 10.2. The summed E-state index contributed by atoms with van der Waals surface area (Å²) in [5.74, 6) is 1.34. The molecule has 0 bridgehead atoms. The van der Waals surface area contributed by atoms with E-state index in [-0.39, 0.29) is 5.91 Å². The number of carbonyl (C=O) groups is 1. The minimum absolute atomic E-state index is 0.157. The Labute approximate surface area is 141 Å². The first-order chi connectivity index (χ1) is 11.8. The van der Waals surface area contributed by atoms with Gasteiger partial charge in [-0.2, -0.15) is 0 Å². The van der Waals surface area contributed by atoms with Gasteiger partial charge in [0.05, 0.1) is 0 Å². The van der Waals surface area contributed by atoms with Gasteiger partial charge in [0.25, 0.3) is 5.91 Å². The second-order valence-corrected chi connectivity index (χ2v) is 6.47. The summed E-state index contributed by atoms with van der Waals surface area (Å²) in [6.07, 6.45) is 8.02. The Morgan fingerprint density at radius 1 is 1.21 bits per heavy atom. The molecule has 1 saturated heterocycles. The number of amides is 1. The molecule has 0 radical (unpaired) electrons. The van der Waals surface area contributed by atoms with Crippen LogP contribution in [0.15, 0.2) is 30.7 Å². The third-order valence-corrected chi connectivity index (χ3v) is 4.63. The third-order valence-electron chi connectivity index (χ3n) is 4.63. The van der Waals surface area contributed by atoms with Crippen LogP contribution in [0.2, 0.25) is 0 Å². The molecule has 2 fully saturated rings. The topological polar surface area (TPSA) is 71.0 Å². The van der Waals surface area contributed by atoms with Gasteiger partial charge in [-0.1, -0.05) is 6.07 Å². The number of aromatic nitrogens is 3. The first-order valence-corrected chi connectivity index (χ1v) is 8.60. The molecule has 3 heterocycles. The molecule has 0 spiro atoms. The zero-order chi connectivity index (χ0) is 16.4. The van der Waals surface area contributed by atoms with Crippen molar-refractivity contribution >= 4 is 11.7 Å². The fraction of sp³-hybridized carbons (Fsp3) is 0.444. The lowest BCUT2D eigenvalue weighted by Crippen LogP contribution is -2.27. The molecule has 1 aliphatic carbocycles. The van der Waals surface area contributed by atoms with Crippen molar-refractivity contribution in [2.75, 3.05) is 18.0 Å². The molecular formula is C18H21N5O. The van der Waals surface area contributed by atoms with Gasteiger partial charge >= 0.3 is 0 Å². The van der Waals surface area contributed by atoms with E-state index in [0.717, 1.165) is 43.0 Å². The predicted molar refractivity (Wildman–Crippen MR) is 90.9 cm³/mol. The minimum Gasteiger partial charge on any atom is -0.356 e. The predicted octanol–water partition coefficient (Wildman–Crippen LogP) is 2.28. The number of hydrogen-bond donors (Lipinski definition) is 1. The van der Waals surface area contributed by atoms with Crippen LogP contribution in [0.4, 0.5) is 5.82 Å². The summed E-state index contributed by atoms with van der Waals surface area (Å²) in [5, 5.41) is 2.97. The first-order valence-electron chi connectivity index (χ1n) is 8.60. The molecule has 2 aliphatic rings. The SMILES string of the molecule is O=C(NCc1cccnc1N1CCCC1)c1cc(C2CC2)ncn1. The molecule has 24 heavy (non-hydrogen) atoms. The van der Waals surface area contributed by atoms with Crippen LogP contribution in [0.25, 0.3) is 0 Å². The second kappa shape index (κ2) is 6.55. The van der Waals surface area contributed by atoms with Crippen molar-refractivity contribution < 1.29 is 4.79 Å². The van der Waals surface area contributed by atoms with Crippen LogP contribution in [0, 0.1) is 0 Å². The number of nitrogens with zero attached hydrogens (tertiary/aromatic N) is 4. The fourth-order valence-corrected chi connectivity index (χ4v) is 3.15. The van der Waals surface area contributed by atoms with E-state index in [1.165, 1.54) is 19.2 Å². The Bertz CT molecular complexity index is 738. The van der Waals surface area contributed by atoms with Gasteiger partial charge in [-0.15, -0.1) is 0 Å². The van der Waals surface area contributed by atoms with Gasteiger partial charge in [-0.25, -0.2) is 15.0 Å². The summed E-state index contributed by atoms with van der Waals surface area (Å²) in [6.45, 7) is 2.53. The molecule has 1 saturated carbocycles. The summed E-state index contributed by atoms with van der Waals surface area (Å²) in [4.78, 5) is 27.6. The lowest BCUT2D eigenvalue weighted by molar-refractivity contribution is 0.0945. The summed E-state index contributed by atoms with van der Waals surface area (Å²) < 4.78 is 0. The maximum absolute atomic E-state index is 12.4. The number of hydrogen-bond acceptors (Lipinski definition) is 5. The average Bonchev–Trinajstić information content (AvgIpc) is 3.35. The average molecular weight is 323 g/mol. The highest BCUT2D eigenvalue weighted by molar-refractivity contribution is 5.92. The van der Waals surface area contributed by atoms with E-state index in [1.807, 2.05) is 24.4 Å².